The SMILES string of the molecule is CCc1cccc(N[C@@H](C)C(=O)Nc2ccccc2F)c1. The first-order valence-corrected chi connectivity index (χ1v) is 7.01. The molecule has 0 fully saturated rings. The van der Waals surface area contributed by atoms with Crippen LogP contribution in [0, 0.1) is 5.82 Å². The molecule has 0 unspecified atom stereocenters. The van der Waals surface area contributed by atoms with Gasteiger partial charge in [-0.1, -0.05) is 31.2 Å². The van der Waals surface area contributed by atoms with Crippen molar-refractivity contribution in [3.8, 4) is 0 Å². The van der Waals surface area contributed by atoms with Crippen molar-refractivity contribution in [1.82, 2.24) is 0 Å². The molecule has 2 rings (SSSR count). The van der Waals surface area contributed by atoms with Gasteiger partial charge < -0.3 is 10.6 Å². The highest BCUT2D eigenvalue weighted by Gasteiger charge is 2.14. The second-order valence-electron chi connectivity index (χ2n) is 4.89. The number of carbonyl (C=O) groups is 1. The fourth-order valence-corrected chi connectivity index (χ4v) is 2.00. The van der Waals surface area contributed by atoms with Crippen molar-refractivity contribution in [2.75, 3.05) is 10.6 Å². The Morgan fingerprint density at radius 2 is 1.95 bits per heavy atom. The molecule has 0 bridgehead atoms. The zero-order chi connectivity index (χ0) is 15.2. The number of carbonyl (C=O) groups excluding carboxylic acids is 1. The average molecular weight is 286 g/mol. The summed E-state index contributed by atoms with van der Waals surface area (Å²) in [5.74, 6) is -0.715. The van der Waals surface area contributed by atoms with Crippen molar-refractivity contribution in [2.24, 2.45) is 0 Å². The van der Waals surface area contributed by atoms with Gasteiger partial charge in [0.1, 0.15) is 11.9 Å². The number of hydrogen-bond donors (Lipinski definition) is 2. The van der Waals surface area contributed by atoms with Gasteiger partial charge in [0, 0.05) is 5.69 Å². The number of nitrogens with one attached hydrogen (secondary N) is 2. The molecule has 0 saturated carbocycles. The average Bonchev–Trinajstić information content (AvgIpc) is 2.49. The third kappa shape index (κ3) is 4.05. The molecule has 2 N–H and O–H groups in total. The standard InChI is InChI=1S/C17H19FN2O/c1-3-13-7-6-8-14(11-13)19-12(2)17(21)20-16-10-5-4-9-15(16)18/h4-12,19H,3H2,1-2H3,(H,20,21)/t12-/m0/s1. The smallest absolute Gasteiger partial charge is 0.246 e. The van der Waals surface area contributed by atoms with Gasteiger partial charge in [-0.3, -0.25) is 4.79 Å². The van der Waals surface area contributed by atoms with Crippen LogP contribution in [0.4, 0.5) is 15.8 Å². The van der Waals surface area contributed by atoms with Crippen LogP contribution < -0.4 is 10.6 Å². The minimum atomic E-state index is -0.461. The number of hydrogen-bond acceptors (Lipinski definition) is 2. The highest BCUT2D eigenvalue weighted by molar-refractivity contribution is 5.96. The molecule has 0 aliphatic heterocycles. The maximum absolute atomic E-state index is 13.5. The fourth-order valence-electron chi connectivity index (χ4n) is 2.00. The molecule has 2 aromatic carbocycles. The van der Waals surface area contributed by atoms with Gasteiger partial charge in [0.05, 0.1) is 5.69 Å². The Hall–Kier alpha value is -2.36. The Kier molecular flexibility index (Phi) is 4.93. The Morgan fingerprint density at radius 1 is 1.19 bits per heavy atom. The van der Waals surface area contributed by atoms with E-state index in [0.29, 0.717) is 0 Å². The predicted molar refractivity (Wildman–Crippen MR) is 83.9 cm³/mol. The molecule has 3 nitrogen and oxygen atoms in total. The Labute approximate surface area is 124 Å². The van der Waals surface area contributed by atoms with E-state index in [2.05, 4.69) is 17.6 Å². The summed E-state index contributed by atoms with van der Waals surface area (Å²) in [7, 11) is 0. The molecule has 0 aromatic heterocycles. The number of amides is 1. The van der Waals surface area contributed by atoms with Gasteiger partial charge in [0.2, 0.25) is 5.91 Å². The zero-order valence-corrected chi connectivity index (χ0v) is 12.2. The van der Waals surface area contributed by atoms with Crippen LogP contribution in [0.25, 0.3) is 0 Å². The van der Waals surface area contributed by atoms with Crippen LogP contribution >= 0.6 is 0 Å². The lowest BCUT2D eigenvalue weighted by Crippen LogP contribution is -2.32. The second kappa shape index (κ2) is 6.88. The van der Waals surface area contributed by atoms with Crippen LogP contribution in [0.15, 0.2) is 48.5 Å². The molecule has 4 heteroatoms. The lowest BCUT2D eigenvalue weighted by Gasteiger charge is -2.16. The molecule has 0 aliphatic rings. The Balaban J connectivity index is 2.01. The lowest BCUT2D eigenvalue weighted by atomic mass is 10.1. The molecule has 0 aliphatic carbocycles. The van der Waals surface area contributed by atoms with Crippen molar-refractivity contribution in [1.29, 1.82) is 0 Å². The molecule has 0 radical (unpaired) electrons. The second-order valence-corrected chi connectivity index (χ2v) is 4.89. The molecule has 1 atom stereocenters. The Morgan fingerprint density at radius 3 is 2.67 bits per heavy atom. The summed E-state index contributed by atoms with van der Waals surface area (Å²) in [6.07, 6.45) is 0.936. The molecular formula is C17H19FN2O. The summed E-state index contributed by atoms with van der Waals surface area (Å²) in [4.78, 5) is 12.1. The molecule has 0 spiro atoms. The first-order valence-electron chi connectivity index (χ1n) is 7.01. The molecule has 110 valence electrons. The van der Waals surface area contributed by atoms with Crippen molar-refractivity contribution < 1.29 is 9.18 Å². The van der Waals surface area contributed by atoms with Gasteiger partial charge in [-0.25, -0.2) is 4.39 Å². The minimum Gasteiger partial charge on any atom is -0.374 e. The van der Waals surface area contributed by atoms with E-state index in [1.807, 2.05) is 24.3 Å². The number of aryl methyl sites for hydroxylation is 1. The van der Waals surface area contributed by atoms with E-state index in [0.717, 1.165) is 12.1 Å². The summed E-state index contributed by atoms with van der Waals surface area (Å²) in [5.41, 5.74) is 2.27. The maximum Gasteiger partial charge on any atom is 0.246 e. The monoisotopic (exact) mass is 286 g/mol. The molecule has 0 saturated heterocycles. The quantitative estimate of drug-likeness (QED) is 0.877. The highest BCUT2D eigenvalue weighted by atomic mass is 19.1. The first-order chi connectivity index (χ1) is 10.1. The van der Waals surface area contributed by atoms with Gasteiger partial charge in [0.25, 0.3) is 0 Å². The van der Waals surface area contributed by atoms with Gasteiger partial charge in [-0.05, 0) is 43.2 Å². The number of halogens is 1. The normalized spacial score (nSPS) is 11.8. The third-order valence-corrected chi connectivity index (χ3v) is 3.24. The van der Waals surface area contributed by atoms with Crippen LogP contribution in [0.3, 0.4) is 0 Å². The molecular weight excluding hydrogens is 267 g/mol. The predicted octanol–water partition coefficient (Wildman–Crippen LogP) is 3.83. The van der Waals surface area contributed by atoms with Crippen molar-refractivity contribution in [3.05, 3.63) is 59.9 Å². The van der Waals surface area contributed by atoms with Crippen LogP contribution in [-0.4, -0.2) is 11.9 Å². The van der Waals surface area contributed by atoms with E-state index in [4.69, 9.17) is 0 Å². The van der Waals surface area contributed by atoms with Gasteiger partial charge in [-0.15, -0.1) is 0 Å². The van der Waals surface area contributed by atoms with Crippen LogP contribution in [0.5, 0.6) is 0 Å². The molecule has 1 amide bonds. The zero-order valence-electron chi connectivity index (χ0n) is 12.2. The number of benzene rings is 2. The molecule has 2 aromatic rings. The number of para-hydroxylation sites is 1. The number of anilines is 2. The number of rotatable bonds is 5. The van der Waals surface area contributed by atoms with Gasteiger partial charge in [-0.2, -0.15) is 0 Å². The van der Waals surface area contributed by atoms with Crippen molar-refractivity contribution >= 4 is 17.3 Å². The summed E-state index contributed by atoms with van der Waals surface area (Å²) in [6.45, 7) is 3.82. The first kappa shape index (κ1) is 15.0. The minimum absolute atomic E-state index is 0.193. The summed E-state index contributed by atoms with van der Waals surface area (Å²) >= 11 is 0. The highest BCUT2D eigenvalue weighted by Crippen LogP contribution is 2.15. The van der Waals surface area contributed by atoms with Crippen LogP contribution in [0.1, 0.15) is 19.4 Å². The summed E-state index contributed by atoms with van der Waals surface area (Å²) < 4.78 is 13.5. The molecule has 21 heavy (non-hydrogen) atoms. The van der Waals surface area contributed by atoms with Gasteiger partial charge >= 0.3 is 0 Å². The lowest BCUT2D eigenvalue weighted by molar-refractivity contribution is -0.116. The summed E-state index contributed by atoms with van der Waals surface area (Å²) in [5, 5.41) is 5.70. The van der Waals surface area contributed by atoms with Crippen LogP contribution in [0.2, 0.25) is 0 Å². The molecule has 0 heterocycles. The van der Waals surface area contributed by atoms with Crippen LogP contribution in [-0.2, 0) is 11.2 Å². The van der Waals surface area contributed by atoms with E-state index < -0.39 is 11.9 Å². The van der Waals surface area contributed by atoms with E-state index in [1.165, 1.54) is 17.7 Å². The third-order valence-electron chi connectivity index (χ3n) is 3.24. The fraction of sp³-hybridized carbons (Fsp3) is 0.235. The van der Waals surface area contributed by atoms with E-state index in [9.17, 15) is 9.18 Å². The Bertz CT molecular complexity index is 628. The summed E-state index contributed by atoms with van der Waals surface area (Å²) in [6, 6.07) is 13.6. The largest absolute Gasteiger partial charge is 0.374 e. The maximum atomic E-state index is 13.5. The van der Waals surface area contributed by atoms with E-state index in [1.54, 1.807) is 19.1 Å². The van der Waals surface area contributed by atoms with Gasteiger partial charge in [0.15, 0.2) is 0 Å². The van der Waals surface area contributed by atoms with Crippen molar-refractivity contribution in [3.63, 3.8) is 0 Å². The van der Waals surface area contributed by atoms with Crippen molar-refractivity contribution in [2.45, 2.75) is 26.3 Å². The topological polar surface area (TPSA) is 41.1 Å². The van der Waals surface area contributed by atoms with E-state index >= 15 is 0 Å². The van der Waals surface area contributed by atoms with E-state index in [-0.39, 0.29) is 11.6 Å².